The summed E-state index contributed by atoms with van der Waals surface area (Å²) in [6, 6.07) is 5.96. The van der Waals surface area contributed by atoms with Gasteiger partial charge in [0, 0.05) is 24.5 Å². The van der Waals surface area contributed by atoms with Gasteiger partial charge in [-0.2, -0.15) is 5.26 Å². The molecule has 0 amide bonds. The molecule has 0 unspecified atom stereocenters. The van der Waals surface area contributed by atoms with Crippen molar-refractivity contribution in [3.63, 3.8) is 0 Å². The molecule has 1 aromatic heterocycles. The first kappa shape index (κ1) is 13.8. The summed E-state index contributed by atoms with van der Waals surface area (Å²) in [6.07, 6.45) is 6.24. The molecular formula is C14H20N4O. The number of anilines is 1. The lowest BCUT2D eigenvalue weighted by Crippen LogP contribution is -2.31. The molecule has 1 fully saturated rings. The van der Waals surface area contributed by atoms with Gasteiger partial charge in [0.15, 0.2) is 0 Å². The van der Waals surface area contributed by atoms with Crippen molar-refractivity contribution >= 4 is 5.69 Å². The van der Waals surface area contributed by atoms with Crippen LogP contribution in [-0.4, -0.2) is 30.3 Å². The fourth-order valence-electron chi connectivity index (χ4n) is 2.28. The van der Waals surface area contributed by atoms with E-state index >= 15 is 0 Å². The number of rotatable bonds is 5. The fraction of sp³-hybridized carbons (Fsp3) is 0.571. The van der Waals surface area contributed by atoms with Gasteiger partial charge in [-0.3, -0.25) is 0 Å². The summed E-state index contributed by atoms with van der Waals surface area (Å²) in [6.45, 7) is 1.40. The minimum absolute atomic E-state index is 0.355. The molecule has 3 N–H and O–H groups in total. The standard InChI is InChI=1S/C14H20N4O/c15-10-13-9-12(5-6-17-13)18-7-8-19-14-3-1-11(16)2-4-14/h5-6,9,11,14H,1-4,7-8,16H2,(H,17,18). The van der Waals surface area contributed by atoms with Crippen LogP contribution < -0.4 is 11.1 Å². The van der Waals surface area contributed by atoms with E-state index in [4.69, 9.17) is 15.7 Å². The predicted octanol–water partition coefficient (Wildman–Crippen LogP) is 1.65. The Morgan fingerprint density at radius 1 is 1.42 bits per heavy atom. The summed E-state index contributed by atoms with van der Waals surface area (Å²) in [4.78, 5) is 3.92. The number of aromatic nitrogens is 1. The van der Waals surface area contributed by atoms with Crippen LogP contribution in [0.1, 0.15) is 31.4 Å². The van der Waals surface area contributed by atoms with E-state index < -0.39 is 0 Å². The second-order valence-electron chi connectivity index (χ2n) is 4.88. The van der Waals surface area contributed by atoms with Crippen molar-refractivity contribution in [1.29, 1.82) is 5.26 Å². The van der Waals surface area contributed by atoms with E-state index in [2.05, 4.69) is 10.3 Å². The third kappa shape index (κ3) is 4.51. The predicted molar refractivity (Wildman–Crippen MR) is 73.6 cm³/mol. The highest BCUT2D eigenvalue weighted by atomic mass is 16.5. The lowest BCUT2D eigenvalue weighted by Gasteiger charge is -2.26. The normalized spacial score (nSPS) is 22.7. The molecule has 19 heavy (non-hydrogen) atoms. The van der Waals surface area contributed by atoms with Gasteiger partial charge in [-0.05, 0) is 37.8 Å². The molecule has 1 heterocycles. The third-order valence-electron chi connectivity index (χ3n) is 3.38. The zero-order valence-corrected chi connectivity index (χ0v) is 11.0. The Hall–Kier alpha value is -1.64. The van der Waals surface area contributed by atoms with Crippen LogP contribution >= 0.6 is 0 Å². The van der Waals surface area contributed by atoms with Crippen molar-refractivity contribution < 1.29 is 4.74 Å². The summed E-state index contributed by atoms with van der Waals surface area (Å²) in [5, 5.41) is 12.0. The molecule has 1 saturated carbocycles. The molecular weight excluding hydrogens is 240 g/mol. The number of nitrogens with two attached hydrogens (primary N) is 1. The Labute approximate surface area is 113 Å². The number of ether oxygens (including phenoxy) is 1. The maximum Gasteiger partial charge on any atom is 0.142 e. The SMILES string of the molecule is N#Cc1cc(NCCOC2CCC(N)CC2)ccn1. The van der Waals surface area contributed by atoms with Gasteiger partial charge in [-0.1, -0.05) is 0 Å². The number of nitriles is 1. The van der Waals surface area contributed by atoms with Gasteiger partial charge in [-0.15, -0.1) is 0 Å². The second kappa shape index (κ2) is 7.07. The number of hydrogen-bond donors (Lipinski definition) is 2. The summed E-state index contributed by atoms with van der Waals surface area (Å²) < 4.78 is 5.81. The van der Waals surface area contributed by atoms with Crippen molar-refractivity contribution in [3.05, 3.63) is 24.0 Å². The van der Waals surface area contributed by atoms with Crippen LogP contribution in [0.3, 0.4) is 0 Å². The molecule has 0 saturated heterocycles. The largest absolute Gasteiger partial charge is 0.383 e. The zero-order valence-electron chi connectivity index (χ0n) is 11.0. The molecule has 0 radical (unpaired) electrons. The molecule has 2 rings (SSSR count). The monoisotopic (exact) mass is 260 g/mol. The Balaban J connectivity index is 1.65. The second-order valence-corrected chi connectivity index (χ2v) is 4.88. The first-order valence-electron chi connectivity index (χ1n) is 6.75. The molecule has 1 aliphatic rings. The quantitative estimate of drug-likeness (QED) is 0.786. The molecule has 0 spiro atoms. The third-order valence-corrected chi connectivity index (χ3v) is 3.38. The van der Waals surface area contributed by atoms with Gasteiger partial charge >= 0.3 is 0 Å². The molecule has 0 atom stereocenters. The summed E-state index contributed by atoms with van der Waals surface area (Å²) in [5.74, 6) is 0. The van der Waals surface area contributed by atoms with Gasteiger partial charge in [-0.25, -0.2) is 4.98 Å². The Bertz CT molecular complexity index is 435. The zero-order chi connectivity index (χ0) is 13.5. The van der Waals surface area contributed by atoms with E-state index in [0.29, 0.717) is 24.4 Å². The van der Waals surface area contributed by atoms with Crippen molar-refractivity contribution in [2.45, 2.75) is 37.8 Å². The fourth-order valence-corrected chi connectivity index (χ4v) is 2.28. The molecule has 1 aromatic rings. The molecule has 1 aliphatic carbocycles. The van der Waals surface area contributed by atoms with Crippen molar-refractivity contribution in [2.24, 2.45) is 5.73 Å². The van der Waals surface area contributed by atoms with E-state index in [0.717, 1.165) is 37.9 Å². The topological polar surface area (TPSA) is 84.0 Å². The minimum Gasteiger partial charge on any atom is -0.383 e. The van der Waals surface area contributed by atoms with Gasteiger partial charge in [0.1, 0.15) is 11.8 Å². The van der Waals surface area contributed by atoms with Crippen LogP contribution in [0, 0.1) is 11.3 Å². The van der Waals surface area contributed by atoms with E-state index in [1.165, 1.54) is 0 Å². The van der Waals surface area contributed by atoms with Crippen molar-refractivity contribution in [3.8, 4) is 6.07 Å². The van der Waals surface area contributed by atoms with Crippen LogP contribution in [0.15, 0.2) is 18.3 Å². The first-order chi connectivity index (χ1) is 9.28. The number of pyridine rings is 1. The van der Waals surface area contributed by atoms with E-state index in [1.54, 1.807) is 12.3 Å². The van der Waals surface area contributed by atoms with Crippen molar-refractivity contribution in [1.82, 2.24) is 4.98 Å². The van der Waals surface area contributed by atoms with E-state index in [-0.39, 0.29) is 0 Å². The van der Waals surface area contributed by atoms with Crippen LogP contribution in [0.4, 0.5) is 5.69 Å². The number of nitrogens with zero attached hydrogens (tertiary/aromatic N) is 2. The van der Waals surface area contributed by atoms with Gasteiger partial charge in [0.25, 0.3) is 0 Å². The minimum atomic E-state index is 0.355. The Morgan fingerprint density at radius 2 is 2.21 bits per heavy atom. The average Bonchev–Trinajstić information content (AvgIpc) is 2.46. The van der Waals surface area contributed by atoms with Gasteiger partial charge in [0.2, 0.25) is 0 Å². The average molecular weight is 260 g/mol. The molecule has 5 heteroatoms. The highest BCUT2D eigenvalue weighted by molar-refractivity contribution is 5.45. The molecule has 5 nitrogen and oxygen atoms in total. The first-order valence-corrected chi connectivity index (χ1v) is 6.75. The smallest absolute Gasteiger partial charge is 0.142 e. The highest BCUT2D eigenvalue weighted by Crippen LogP contribution is 2.19. The molecule has 0 bridgehead atoms. The maximum atomic E-state index is 8.75. The highest BCUT2D eigenvalue weighted by Gasteiger charge is 2.18. The lowest BCUT2D eigenvalue weighted by atomic mass is 9.94. The van der Waals surface area contributed by atoms with Crippen LogP contribution in [-0.2, 0) is 4.74 Å². The number of nitrogens with one attached hydrogen (secondary N) is 1. The van der Waals surface area contributed by atoms with E-state index in [9.17, 15) is 0 Å². The Kier molecular flexibility index (Phi) is 5.13. The Morgan fingerprint density at radius 3 is 2.95 bits per heavy atom. The molecule has 0 aromatic carbocycles. The van der Waals surface area contributed by atoms with Crippen LogP contribution in [0.5, 0.6) is 0 Å². The molecule has 0 aliphatic heterocycles. The summed E-state index contributed by atoms with van der Waals surface area (Å²) >= 11 is 0. The van der Waals surface area contributed by atoms with E-state index in [1.807, 2.05) is 12.1 Å². The van der Waals surface area contributed by atoms with Crippen molar-refractivity contribution in [2.75, 3.05) is 18.5 Å². The van der Waals surface area contributed by atoms with Gasteiger partial charge < -0.3 is 15.8 Å². The lowest BCUT2D eigenvalue weighted by molar-refractivity contribution is 0.0313. The van der Waals surface area contributed by atoms with Crippen LogP contribution in [0.2, 0.25) is 0 Å². The molecule has 102 valence electrons. The maximum absolute atomic E-state index is 8.75. The summed E-state index contributed by atoms with van der Waals surface area (Å²) in [7, 11) is 0. The van der Waals surface area contributed by atoms with Gasteiger partial charge in [0.05, 0.1) is 12.7 Å². The summed E-state index contributed by atoms with van der Waals surface area (Å²) in [5.41, 5.74) is 7.18. The number of hydrogen-bond acceptors (Lipinski definition) is 5. The van der Waals surface area contributed by atoms with Crippen LogP contribution in [0.25, 0.3) is 0 Å².